The first-order chi connectivity index (χ1) is 19.9. The fourth-order valence-corrected chi connectivity index (χ4v) is 4.92. The number of nitrogens with zero attached hydrogens (tertiary/aromatic N) is 3. The molecule has 8 heteroatoms. The maximum Gasteiger partial charge on any atom is 0.200 e. The Labute approximate surface area is 236 Å². The summed E-state index contributed by atoms with van der Waals surface area (Å²) in [5.74, 6) is 1.17. The van der Waals surface area contributed by atoms with E-state index in [2.05, 4.69) is 16.9 Å². The van der Waals surface area contributed by atoms with E-state index in [0.717, 1.165) is 41.5 Å². The van der Waals surface area contributed by atoms with Crippen LogP contribution in [0.5, 0.6) is 17.2 Å². The Morgan fingerprint density at radius 2 is 1.83 bits per heavy atom. The first-order valence-corrected chi connectivity index (χ1v) is 13.6. The largest absolute Gasteiger partial charge is 0.496 e. The molecule has 1 aliphatic carbocycles. The Morgan fingerprint density at radius 1 is 1.02 bits per heavy atom. The number of Topliss-reactive ketones (excluding diaryl/α,β-unsaturated/α-hetero) is 1. The lowest BCUT2D eigenvalue weighted by atomic mass is 10.0. The molecular formula is C33H28FN3O4. The second-order valence-electron chi connectivity index (χ2n) is 10.1. The number of carbonyl (C=O) groups excluding carboxylic acids is 1. The summed E-state index contributed by atoms with van der Waals surface area (Å²) in [4.78, 5) is 35.6. The summed E-state index contributed by atoms with van der Waals surface area (Å²) < 4.78 is 27.1. The lowest BCUT2D eigenvalue weighted by Crippen LogP contribution is -2.21. The molecular weight excluding hydrogens is 521 g/mol. The molecule has 0 saturated heterocycles. The fourth-order valence-electron chi connectivity index (χ4n) is 4.92. The predicted octanol–water partition coefficient (Wildman–Crippen LogP) is 6.72. The van der Waals surface area contributed by atoms with Crippen LogP contribution < -0.4 is 14.9 Å². The highest BCUT2D eigenvalue weighted by Gasteiger charge is 2.26. The van der Waals surface area contributed by atoms with Crippen LogP contribution in [0.15, 0.2) is 84.2 Å². The van der Waals surface area contributed by atoms with Crippen molar-refractivity contribution < 1.29 is 18.7 Å². The first kappa shape index (κ1) is 26.4. The van der Waals surface area contributed by atoms with Crippen LogP contribution in [0.2, 0.25) is 0 Å². The molecule has 5 aromatic rings. The van der Waals surface area contributed by atoms with E-state index < -0.39 is 0 Å². The van der Waals surface area contributed by atoms with Crippen LogP contribution in [0.3, 0.4) is 0 Å². The molecule has 2 aromatic carbocycles. The molecule has 3 aromatic heterocycles. The van der Waals surface area contributed by atoms with Crippen molar-refractivity contribution in [2.75, 3.05) is 7.11 Å². The van der Waals surface area contributed by atoms with Crippen LogP contribution >= 0.6 is 0 Å². The van der Waals surface area contributed by atoms with E-state index in [0.29, 0.717) is 28.3 Å². The summed E-state index contributed by atoms with van der Waals surface area (Å²) in [5, 5.41) is 0.814. The first-order valence-electron chi connectivity index (χ1n) is 13.6. The number of fused-ring (bicyclic) bond motifs is 1. The minimum atomic E-state index is -0.385. The van der Waals surface area contributed by atoms with Gasteiger partial charge in [-0.3, -0.25) is 19.6 Å². The number of rotatable bonds is 9. The zero-order valence-corrected chi connectivity index (χ0v) is 22.8. The van der Waals surface area contributed by atoms with Crippen LogP contribution in [0.4, 0.5) is 4.39 Å². The van der Waals surface area contributed by atoms with E-state index >= 15 is 0 Å². The molecule has 41 heavy (non-hydrogen) atoms. The molecule has 7 nitrogen and oxygen atoms in total. The van der Waals surface area contributed by atoms with Crippen molar-refractivity contribution in [2.45, 2.75) is 38.6 Å². The Kier molecular flexibility index (Phi) is 7.05. The average Bonchev–Trinajstić information content (AvgIpc) is 3.84. The van der Waals surface area contributed by atoms with Gasteiger partial charge in [0.2, 0.25) is 0 Å². The molecule has 206 valence electrons. The highest BCUT2D eigenvalue weighted by atomic mass is 19.1. The summed E-state index contributed by atoms with van der Waals surface area (Å²) in [7, 11) is 1.64. The third kappa shape index (κ3) is 5.45. The Balaban J connectivity index is 1.24. The fraction of sp³-hybridized carbons (Fsp3) is 0.212. The number of aryl methyl sites for hydroxylation is 1. The maximum atomic E-state index is 13.5. The van der Waals surface area contributed by atoms with E-state index in [1.165, 1.54) is 12.1 Å². The Morgan fingerprint density at radius 3 is 2.51 bits per heavy atom. The van der Waals surface area contributed by atoms with Gasteiger partial charge in [0.05, 0.1) is 30.8 Å². The normalized spacial score (nSPS) is 12.9. The molecule has 6 rings (SSSR count). The molecule has 1 aliphatic rings. The van der Waals surface area contributed by atoms with Gasteiger partial charge in [-0.15, -0.1) is 0 Å². The van der Waals surface area contributed by atoms with Gasteiger partial charge in [-0.1, -0.05) is 19.1 Å². The van der Waals surface area contributed by atoms with E-state index in [9.17, 15) is 14.0 Å². The summed E-state index contributed by atoms with van der Waals surface area (Å²) >= 11 is 0. The maximum absolute atomic E-state index is 13.5. The van der Waals surface area contributed by atoms with Crippen molar-refractivity contribution in [2.24, 2.45) is 0 Å². The van der Waals surface area contributed by atoms with Gasteiger partial charge in [-0.05, 0) is 72.9 Å². The highest BCUT2D eigenvalue weighted by Crippen LogP contribution is 2.36. The zero-order valence-electron chi connectivity index (χ0n) is 22.8. The molecule has 0 aliphatic heterocycles. The van der Waals surface area contributed by atoms with Crippen molar-refractivity contribution in [3.8, 4) is 28.4 Å². The molecule has 0 spiro atoms. The minimum absolute atomic E-state index is 0.0394. The smallest absolute Gasteiger partial charge is 0.200 e. The van der Waals surface area contributed by atoms with Gasteiger partial charge in [-0.25, -0.2) is 4.39 Å². The zero-order chi connectivity index (χ0) is 28.5. The van der Waals surface area contributed by atoms with E-state index in [4.69, 9.17) is 9.47 Å². The Bertz CT molecular complexity index is 1810. The molecule has 0 bridgehead atoms. The molecule has 3 heterocycles. The SMILES string of the molecule is CCc1cc2nccc(Oc3ccc(CC(=O)c4cn(C5CC5)cc(-c5ccc(F)cc5)c4=O)nc3)c2cc1OC. The van der Waals surface area contributed by atoms with Gasteiger partial charge >= 0.3 is 0 Å². The molecule has 0 atom stereocenters. The lowest BCUT2D eigenvalue weighted by molar-refractivity contribution is 0.0990. The number of halogens is 1. The summed E-state index contributed by atoms with van der Waals surface area (Å²) in [5.41, 5.74) is 3.07. The number of hydrogen-bond donors (Lipinski definition) is 0. The monoisotopic (exact) mass is 549 g/mol. The van der Waals surface area contributed by atoms with Gasteiger partial charge in [0.25, 0.3) is 0 Å². The van der Waals surface area contributed by atoms with Gasteiger partial charge in [-0.2, -0.15) is 0 Å². The third-order valence-electron chi connectivity index (χ3n) is 7.32. The number of ketones is 1. The number of carbonyl (C=O) groups is 1. The molecule has 0 unspecified atom stereocenters. The highest BCUT2D eigenvalue weighted by molar-refractivity contribution is 5.98. The quantitative estimate of drug-likeness (QED) is 0.190. The van der Waals surface area contributed by atoms with E-state index in [1.807, 2.05) is 16.7 Å². The lowest BCUT2D eigenvalue weighted by Gasteiger charge is -2.13. The van der Waals surface area contributed by atoms with Crippen LogP contribution in [0.25, 0.3) is 22.0 Å². The molecule has 0 amide bonds. The second kappa shape index (κ2) is 11.0. The van der Waals surface area contributed by atoms with Crippen molar-refractivity contribution in [3.05, 3.63) is 112 Å². The van der Waals surface area contributed by atoms with Crippen LogP contribution in [0.1, 0.15) is 47.4 Å². The topological polar surface area (TPSA) is 83.3 Å². The van der Waals surface area contributed by atoms with E-state index in [-0.39, 0.29) is 35.1 Å². The van der Waals surface area contributed by atoms with Crippen molar-refractivity contribution in [3.63, 3.8) is 0 Å². The molecule has 0 N–H and O–H groups in total. The molecule has 0 radical (unpaired) electrons. The molecule has 1 saturated carbocycles. The number of benzene rings is 2. The van der Waals surface area contributed by atoms with Crippen molar-refractivity contribution >= 4 is 16.7 Å². The summed E-state index contributed by atoms with van der Waals surface area (Å²) in [6, 6.07) is 15.2. The van der Waals surface area contributed by atoms with Crippen molar-refractivity contribution in [1.82, 2.24) is 14.5 Å². The third-order valence-corrected chi connectivity index (χ3v) is 7.32. The van der Waals surface area contributed by atoms with Gasteiger partial charge in [0.1, 0.15) is 23.1 Å². The summed E-state index contributed by atoms with van der Waals surface area (Å²) in [6.45, 7) is 2.06. The van der Waals surface area contributed by atoms with Crippen LogP contribution in [0, 0.1) is 5.82 Å². The standard InChI is InChI=1S/C33H28FN3O4/c1-3-20-14-29-26(16-32(20)40-2)31(12-13-35-29)41-25-11-8-23(36-17-25)15-30(38)28-19-37(24-9-10-24)18-27(33(28)39)21-4-6-22(34)7-5-21/h4-8,11-14,16-19,24H,3,9-10,15H2,1-2H3. The van der Waals surface area contributed by atoms with Gasteiger partial charge in [0.15, 0.2) is 11.2 Å². The number of pyridine rings is 3. The molecule has 1 fully saturated rings. The van der Waals surface area contributed by atoms with E-state index in [1.54, 1.807) is 62.2 Å². The number of hydrogen-bond acceptors (Lipinski definition) is 6. The minimum Gasteiger partial charge on any atom is -0.496 e. The number of aromatic nitrogens is 3. The van der Waals surface area contributed by atoms with Crippen molar-refractivity contribution in [1.29, 1.82) is 0 Å². The van der Waals surface area contributed by atoms with Gasteiger partial charge < -0.3 is 14.0 Å². The predicted molar refractivity (Wildman–Crippen MR) is 154 cm³/mol. The number of methoxy groups -OCH3 is 1. The second-order valence-corrected chi connectivity index (χ2v) is 10.1. The van der Waals surface area contributed by atoms with Crippen LogP contribution in [-0.2, 0) is 12.8 Å². The van der Waals surface area contributed by atoms with Gasteiger partial charge in [0, 0.05) is 41.3 Å². The van der Waals surface area contributed by atoms with Crippen LogP contribution in [-0.4, -0.2) is 27.4 Å². The Hall–Kier alpha value is -4.85. The summed E-state index contributed by atoms with van der Waals surface area (Å²) in [6.07, 6.45) is 9.41. The average molecular weight is 550 g/mol. The number of ether oxygens (including phenoxy) is 2.